The van der Waals surface area contributed by atoms with Crippen LogP contribution in [0.2, 0.25) is 0 Å². The monoisotopic (exact) mass is 1030 g/mol. The van der Waals surface area contributed by atoms with Crippen LogP contribution in [0.1, 0.15) is 94.2 Å². The SMILES string of the molecule is Cc1c[nH]c2c(OP(=O)(O)O)cc3c(c12)C(CCl)CN3C(=O)C12CC(C(=O)N3CC(CCl)c4c3cc(NC(=O)C(C)NC(=O)C(NC(=O)CCCCCN3C(=O)C=CC3=O)C(C)C)c3ccccc43)(C1)C2. The number of carbonyl (C=O) groups excluding carboxylic acids is 7. The predicted octanol–water partition coefficient (Wildman–Crippen LogP) is 6.38. The fourth-order valence-corrected chi connectivity index (χ4v) is 12.4. The third kappa shape index (κ3) is 9.00. The van der Waals surface area contributed by atoms with Crippen LogP contribution in [0.3, 0.4) is 0 Å². The number of imide groups is 1. The Kier molecular flexibility index (Phi) is 13.4. The molecule has 3 aliphatic heterocycles. The first kappa shape index (κ1) is 50.2. The number of rotatable bonds is 18. The number of hydrogen-bond donors (Lipinski definition) is 6. The summed E-state index contributed by atoms with van der Waals surface area (Å²) in [5, 5.41) is 10.7. The molecule has 71 heavy (non-hydrogen) atoms. The Morgan fingerprint density at radius 1 is 0.831 bits per heavy atom. The average Bonchev–Trinajstić information content (AvgIpc) is 4.06. The Morgan fingerprint density at radius 3 is 2.01 bits per heavy atom. The number of alkyl halides is 2. The summed E-state index contributed by atoms with van der Waals surface area (Å²) in [5.41, 5.74) is 2.70. The van der Waals surface area contributed by atoms with Crippen molar-refractivity contribution in [1.82, 2.24) is 20.5 Å². The molecule has 4 aromatic rings. The van der Waals surface area contributed by atoms with Gasteiger partial charge in [0.05, 0.1) is 27.7 Å². The molecular formula is C50H56Cl2N7O11P. The van der Waals surface area contributed by atoms with Gasteiger partial charge in [0.15, 0.2) is 5.75 Å². The zero-order valence-corrected chi connectivity index (χ0v) is 42.1. The molecular weight excluding hydrogens is 976 g/mol. The number of phosphoric ester groups is 1. The summed E-state index contributed by atoms with van der Waals surface area (Å²) < 4.78 is 17.1. The summed E-state index contributed by atoms with van der Waals surface area (Å²) >= 11 is 13.1. The Morgan fingerprint density at radius 2 is 1.42 bits per heavy atom. The average molecular weight is 1030 g/mol. The molecule has 0 spiro atoms. The molecule has 18 nitrogen and oxygen atoms in total. The van der Waals surface area contributed by atoms with E-state index in [0.717, 1.165) is 27.0 Å². The minimum Gasteiger partial charge on any atom is -0.402 e. The van der Waals surface area contributed by atoms with Crippen LogP contribution in [0.15, 0.2) is 54.7 Å². The summed E-state index contributed by atoms with van der Waals surface area (Å²) in [4.78, 5) is 121. The number of fused-ring (bicyclic) bond motifs is 6. The largest absolute Gasteiger partial charge is 0.524 e. The maximum absolute atomic E-state index is 14.8. The van der Waals surface area contributed by atoms with Gasteiger partial charge in [0.25, 0.3) is 11.8 Å². The van der Waals surface area contributed by atoms with Crippen LogP contribution in [0.4, 0.5) is 17.1 Å². The summed E-state index contributed by atoms with van der Waals surface area (Å²) in [7, 11) is -4.97. The number of aromatic nitrogens is 1. The summed E-state index contributed by atoms with van der Waals surface area (Å²) in [6.07, 6.45) is 6.83. The van der Waals surface area contributed by atoms with Gasteiger partial charge in [-0.25, -0.2) is 4.57 Å². The smallest absolute Gasteiger partial charge is 0.402 e. The minimum absolute atomic E-state index is 0.0877. The van der Waals surface area contributed by atoms with Crippen LogP contribution < -0.4 is 30.3 Å². The molecule has 1 aromatic heterocycles. The lowest BCUT2D eigenvalue weighted by Crippen LogP contribution is -2.73. The van der Waals surface area contributed by atoms with Gasteiger partial charge in [0, 0.05) is 90.5 Å². The molecule has 376 valence electrons. The lowest BCUT2D eigenvalue weighted by molar-refractivity contribution is -0.205. The van der Waals surface area contributed by atoms with Crippen LogP contribution in [0.25, 0.3) is 21.7 Å². The van der Waals surface area contributed by atoms with E-state index in [9.17, 15) is 47.9 Å². The maximum atomic E-state index is 14.8. The Balaban J connectivity index is 0.872. The van der Waals surface area contributed by atoms with Crippen LogP contribution >= 0.6 is 31.0 Å². The fourth-order valence-electron chi connectivity index (χ4n) is 11.5. The van der Waals surface area contributed by atoms with Gasteiger partial charge >= 0.3 is 7.82 Å². The second-order valence-electron chi connectivity index (χ2n) is 20.1. The minimum atomic E-state index is -4.97. The Labute approximate surface area is 419 Å². The Bertz CT molecular complexity index is 2970. The number of H-pyrrole nitrogens is 1. The first-order chi connectivity index (χ1) is 33.7. The molecule has 4 heterocycles. The second kappa shape index (κ2) is 19.0. The van der Waals surface area contributed by atoms with Crippen molar-refractivity contribution in [3.05, 3.63) is 71.4 Å². The van der Waals surface area contributed by atoms with Crippen molar-refractivity contribution in [2.24, 2.45) is 16.7 Å². The number of halogens is 2. The number of hydrogen-bond acceptors (Lipinski definition) is 9. The molecule has 4 atom stereocenters. The van der Waals surface area contributed by atoms with Gasteiger partial charge in [-0.2, -0.15) is 0 Å². The number of aryl methyl sites for hydroxylation is 1. The number of nitrogens with zero attached hydrogens (tertiary/aromatic N) is 3. The fraction of sp³-hybridized carbons (Fsp3) is 0.460. The van der Waals surface area contributed by atoms with E-state index >= 15 is 0 Å². The van der Waals surface area contributed by atoms with Crippen LogP contribution in [-0.2, 0) is 38.1 Å². The summed E-state index contributed by atoms with van der Waals surface area (Å²) in [6.45, 7) is 7.77. The number of phosphoric acid groups is 1. The van der Waals surface area contributed by atoms with Crippen molar-refractivity contribution in [3.63, 3.8) is 0 Å². The van der Waals surface area contributed by atoms with Gasteiger partial charge in [-0.05, 0) is 80.0 Å². The third-order valence-electron chi connectivity index (χ3n) is 14.9. The van der Waals surface area contributed by atoms with E-state index in [2.05, 4.69) is 20.9 Å². The van der Waals surface area contributed by atoms with E-state index in [1.807, 2.05) is 31.2 Å². The number of aromatic amines is 1. The van der Waals surface area contributed by atoms with Gasteiger partial charge < -0.3 is 35.3 Å². The highest BCUT2D eigenvalue weighted by Gasteiger charge is 2.76. The third-order valence-corrected chi connectivity index (χ3v) is 16.1. The molecule has 10 rings (SSSR count). The molecule has 3 aromatic carbocycles. The molecule has 21 heteroatoms. The van der Waals surface area contributed by atoms with Crippen molar-refractivity contribution in [2.75, 3.05) is 46.5 Å². The van der Waals surface area contributed by atoms with Crippen molar-refractivity contribution in [2.45, 2.75) is 96.6 Å². The van der Waals surface area contributed by atoms with E-state index in [1.165, 1.54) is 18.2 Å². The predicted molar refractivity (Wildman–Crippen MR) is 267 cm³/mol. The Hall–Kier alpha value is -5.78. The highest BCUT2D eigenvalue weighted by Crippen LogP contribution is 2.75. The maximum Gasteiger partial charge on any atom is 0.524 e. The molecule has 6 N–H and O–H groups in total. The van der Waals surface area contributed by atoms with Crippen LogP contribution in [0, 0.1) is 23.7 Å². The van der Waals surface area contributed by atoms with E-state index in [1.54, 1.807) is 42.8 Å². The van der Waals surface area contributed by atoms with E-state index < -0.39 is 42.6 Å². The number of unbranched alkanes of at least 4 members (excludes halogenated alkanes) is 2. The van der Waals surface area contributed by atoms with Gasteiger partial charge in [-0.3, -0.25) is 48.2 Å². The molecule has 0 saturated heterocycles. The molecule has 3 aliphatic carbocycles. The molecule has 4 unspecified atom stereocenters. The number of anilines is 3. The number of amides is 7. The van der Waals surface area contributed by atoms with E-state index in [4.69, 9.17) is 27.7 Å². The zero-order valence-electron chi connectivity index (χ0n) is 39.7. The molecule has 2 bridgehead atoms. The van der Waals surface area contributed by atoms with Crippen LogP contribution in [-0.4, -0.2) is 104 Å². The van der Waals surface area contributed by atoms with Crippen molar-refractivity contribution in [3.8, 4) is 5.75 Å². The van der Waals surface area contributed by atoms with Crippen molar-refractivity contribution >= 4 is 111 Å². The molecule has 6 aliphatic rings. The molecule has 3 fully saturated rings. The highest BCUT2D eigenvalue weighted by molar-refractivity contribution is 7.46. The van der Waals surface area contributed by atoms with E-state index in [-0.39, 0.29) is 84.3 Å². The van der Waals surface area contributed by atoms with Crippen molar-refractivity contribution < 1.29 is 52.4 Å². The number of carbonyl (C=O) groups is 7. The lowest BCUT2D eigenvalue weighted by Gasteiger charge is -2.69. The number of benzene rings is 3. The lowest BCUT2D eigenvalue weighted by atomic mass is 9.34. The van der Waals surface area contributed by atoms with Crippen molar-refractivity contribution in [1.29, 1.82) is 0 Å². The van der Waals surface area contributed by atoms with E-state index in [0.29, 0.717) is 78.4 Å². The standard InChI is InChI=1S/C50H56Cl2N7O11P/c1-26(2)43(56-37(60)12-6-5-9-15-57-38(61)13-14-39(57)62)46(64)54-28(4)45(63)55-33-16-34-41(32-11-8-7-10-31(32)33)29(18-51)21-58(34)47(65)49-23-50(24-49,25-49)48(66)59-22-30(19-52)42-35(59)17-36(70-71(67,68)69)44-40(42)27(3)20-53-44/h7-8,10-11,13-14,16-17,20,26,28-30,43,53H,5-6,9,12,15,18-19,21-25H2,1-4H3,(H,54,64)(H,55,63)(H,56,60)(H2,67,68,69). The van der Waals surface area contributed by atoms with Gasteiger partial charge in [0.2, 0.25) is 29.5 Å². The molecule has 7 amide bonds. The normalized spacial score (nSPS) is 22.9. The van der Waals surface area contributed by atoms with Crippen LogP contribution in [0.5, 0.6) is 5.75 Å². The van der Waals surface area contributed by atoms with Gasteiger partial charge in [0.1, 0.15) is 12.1 Å². The number of nitrogens with one attached hydrogen (secondary N) is 4. The topological polar surface area (TPSA) is 248 Å². The van der Waals surface area contributed by atoms with Gasteiger partial charge in [-0.15, -0.1) is 23.2 Å². The summed E-state index contributed by atoms with van der Waals surface area (Å²) in [5.74, 6) is -2.92. The summed E-state index contributed by atoms with van der Waals surface area (Å²) in [6, 6.07) is 8.77. The quantitative estimate of drug-likeness (QED) is 0.0276. The zero-order chi connectivity index (χ0) is 50.9. The molecule has 0 radical (unpaired) electrons. The van der Waals surface area contributed by atoms with Gasteiger partial charge in [-0.1, -0.05) is 44.5 Å². The molecule has 3 saturated carbocycles. The first-order valence-electron chi connectivity index (χ1n) is 23.8. The second-order valence-corrected chi connectivity index (χ2v) is 21.9. The highest BCUT2D eigenvalue weighted by atomic mass is 35.5. The first-order valence-corrected chi connectivity index (χ1v) is 26.4.